The van der Waals surface area contributed by atoms with Gasteiger partial charge in [0.2, 0.25) is 15.8 Å². The Balaban J connectivity index is 1.21. The molecule has 6 rings (SSSR count). The number of fused-ring (bicyclic) bond motifs is 1. The highest BCUT2D eigenvalue weighted by atomic mass is 32.2. The van der Waals surface area contributed by atoms with Crippen LogP contribution in [-0.4, -0.2) is 54.6 Å². The number of nitrogen functional groups attached to an aromatic ring is 1. The molecule has 3 aromatic carbocycles. The summed E-state index contributed by atoms with van der Waals surface area (Å²) in [5, 5.41) is 4.17. The van der Waals surface area contributed by atoms with Crippen molar-refractivity contribution in [2.45, 2.75) is 26.0 Å². The number of anilines is 1. The van der Waals surface area contributed by atoms with Crippen molar-refractivity contribution >= 4 is 27.7 Å². The number of ether oxygens (including phenoxy) is 2. The Morgan fingerprint density at radius 1 is 1.04 bits per heavy atom. The molecule has 45 heavy (non-hydrogen) atoms. The normalized spacial score (nSPS) is 15.2. The SMILES string of the molecule is Cc1cc2c(cc1CS(=O)(=O)N1CCOCC1)CC(C(=O)c1cnn(-c3c(C)cc(Oc4cccc(F)c4F)cc3F)c1N)=C2. The van der Waals surface area contributed by atoms with Crippen molar-refractivity contribution in [3.8, 4) is 17.2 Å². The predicted octanol–water partition coefficient (Wildman–Crippen LogP) is 5.27. The minimum atomic E-state index is -3.54. The fraction of sp³-hybridized carbons (Fsp3) is 0.250. The Morgan fingerprint density at radius 3 is 2.53 bits per heavy atom. The first-order valence-electron chi connectivity index (χ1n) is 14.1. The second kappa shape index (κ2) is 11.8. The molecule has 13 heteroatoms. The van der Waals surface area contributed by atoms with Crippen molar-refractivity contribution in [3.05, 3.63) is 105 Å². The highest BCUT2D eigenvalue weighted by Crippen LogP contribution is 2.34. The zero-order valence-corrected chi connectivity index (χ0v) is 25.3. The van der Waals surface area contributed by atoms with Crippen LogP contribution in [0.4, 0.5) is 19.0 Å². The van der Waals surface area contributed by atoms with Crippen LogP contribution in [0.25, 0.3) is 11.8 Å². The summed E-state index contributed by atoms with van der Waals surface area (Å²) in [6.45, 7) is 4.76. The van der Waals surface area contributed by atoms with Gasteiger partial charge in [0.15, 0.2) is 23.2 Å². The number of hydrogen-bond donors (Lipinski definition) is 1. The van der Waals surface area contributed by atoms with Crippen molar-refractivity contribution in [1.82, 2.24) is 14.1 Å². The van der Waals surface area contributed by atoms with E-state index in [4.69, 9.17) is 15.2 Å². The molecule has 4 aromatic rings. The summed E-state index contributed by atoms with van der Waals surface area (Å²) in [5.41, 5.74) is 10.2. The summed E-state index contributed by atoms with van der Waals surface area (Å²) in [6.07, 6.45) is 3.27. The minimum absolute atomic E-state index is 0.0379. The lowest BCUT2D eigenvalue weighted by Gasteiger charge is -2.26. The van der Waals surface area contributed by atoms with Gasteiger partial charge < -0.3 is 15.2 Å². The summed E-state index contributed by atoms with van der Waals surface area (Å²) in [7, 11) is -3.54. The van der Waals surface area contributed by atoms with Crippen LogP contribution in [0.3, 0.4) is 0 Å². The van der Waals surface area contributed by atoms with E-state index >= 15 is 4.39 Å². The molecule has 0 unspecified atom stereocenters. The monoisotopic (exact) mass is 638 g/mol. The van der Waals surface area contributed by atoms with E-state index in [0.717, 1.165) is 33.5 Å². The van der Waals surface area contributed by atoms with Crippen LogP contribution in [0.15, 0.2) is 54.2 Å². The van der Waals surface area contributed by atoms with Crippen molar-refractivity contribution in [3.63, 3.8) is 0 Å². The fourth-order valence-corrected chi connectivity index (χ4v) is 7.17. The number of nitrogens with zero attached hydrogens (tertiary/aromatic N) is 3. The zero-order valence-electron chi connectivity index (χ0n) is 24.4. The van der Waals surface area contributed by atoms with Gasteiger partial charge in [-0.3, -0.25) is 4.79 Å². The lowest BCUT2D eigenvalue weighted by atomic mass is 10.0. The molecule has 2 heterocycles. The largest absolute Gasteiger partial charge is 0.454 e. The van der Waals surface area contributed by atoms with Crippen molar-refractivity contribution < 1.29 is 35.9 Å². The molecule has 0 saturated carbocycles. The Labute approximate surface area is 257 Å². The van der Waals surface area contributed by atoms with Gasteiger partial charge in [-0.2, -0.15) is 13.8 Å². The maximum Gasteiger partial charge on any atom is 0.218 e. The first-order chi connectivity index (χ1) is 21.4. The minimum Gasteiger partial charge on any atom is -0.454 e. The maximum absolute atomic E-state index is 15.3. The number of sulfonamides is 1. The highest BCUT2D eigenvalue weighted by molar-refractivity contribution is 7.88. The average molecular weight is 639 g/mol. The Kier molecular flexibility index (Phi) is 8.02. The number of aromatic nitrogens is 2. The van der Waals surface area contributed by atoms with E-state index in [1.54, 1.807) is 13.0 Å². The Morgan fingerprint density at radius 2 is 1.80 bits per heavy atom. The molecule has 1 fully saturated rings. The van der Waals surface area contributed by atoms with Crippen LogP contribution in [-0.2, 0) is 26.9 Å². The first-order valence-corrected chi connectivity index (χ1v) is 15.7. The highest BCUT2D eigenvalue weighted by Gasteiger charge is 2.28. The molecule has 9 nitrogen and oxygen atoms in total. The number of morpholine rings is 1. The van der Waals surface area contributed by atoms with E-state index < -0.39 is 39.0 Å². The lowest BCUT2D eigenvalue weighted by molar-refractivity contribution is 0.0729. The molecule has 2 aliphatic rings. The van der Waals surface area contributed by atoms with E-state index in [1.165, 1.54) is 28.7 Å². The summed E-state index contributed by atoms with van der Waals surface area (Å²) in [6, 6.07) is 9.52. The van der Waals surface area contributed by atoms with Gasteiger partial charge in [0.05, 0.1) is 30.7 Å². The van der Waals surface area contributed by atoms with Crippen LogP contribution in [0.1, 0.15) is 38.2 Å². The molecule has 1 aliphatic carbocycles. The first kappa shape index (κ1) is 30.6. The van der Waals surface area contributed by atoms with Gasteiger partial charge in [-0.15, -0.1) is 0 Å². The molecule has 0 bridgehead atoms. The third-order valence-electron chi connectivity index (χ3n) is 7.94. The molecule has 1 aromatic heterocycles. The molecule has 2 N–H and O–H groups in total. The van der Waals surface area contributed by atoms with E-state index in [2.05, 4.69) is 5.10 Å². The molecule has 0 spiro atoms. The van der Waals surface area contributed by atoms with Gasteiger partial charge in [0, 0.05) is 31.1 Å². The molecular formula is C32H29F3N4O5S. The number of carbonyl (C=O) groups excluding carboxylic acids is 1. The molecule has 234 valence electrons. The van der Waals surface area contributed by atoms with E-state index in [1.807, 2.05) is 19.1 Å². The quantitative estimate of drug-likeness (QED) is 0.262. The number of ketones is 1. The molecular weight excluding hydrogens is 609 g/mol. The van der Waals surface area contributed by atoms with Gasteiger partial charge >= 0.3 is 0 Å². The van der Waals surface area contributed by atoms with Crippen molar-refractivity contribution in [2.75, 3.05) is 32.0 Å². The number of aryl methyl sites for hydroxylation is 2. The third kappa shape index (κ3) is 5.86. The summed E-state index contributed by atoms with van der Waals surface area (Å²) in [4.78, 5) is 13.6. The lowest BCUT2D eigenvalue weighted by Crippen LogP contribution is -2.41. The molecule has 0 radical (unpaired) electrons. The third-order valence-corrected chi connectivity index (χ3v) is 9.76. The van der Waals surface area contributed by atoms with Gasteiger partial charge in [-0.1, -0.05) is 18.2 Å². The number of benzene rings is 3. The average Bonchev–Trinajstić information content (AvgIpc) is 3.58. The van der Waals surface area contributed by atoms with Crippen LogP contribution in [0, 0.1) is 31.3 Å². The Bertz CT molecular complexity index is 1960. The van der Waals surface area contributed by atoms with Crippen LogP contribution in [0.5, 0.6) is 11.5 Å². The molecule has 0 amide bonds. The topological polar surface area (TPSA) is 117 Å². The second-order valence-electron chi connectivity index (χ2n) is 11.0. The Hall–Kier alpha value is -4.46. The summed E-state index contributed by atoms with van der Waals surface area (Å²) in [5.74, 6) is -4.21. The van der Waals surface area contributed by atoms with Gasteiger partial charge in [-0.05, 0) is 65.9 Å². The van der Waals surface area contributed by atoms with Gasteiger partial charge in [-0.25, -0.2) is 21.9 Å². The number of Topliss-reactive ketones (excluding diaryl/α,β-unsaturated/α-hetero) is 1. The predicted molar refractivity (Wildman–Crippen MR) is 161 cm³/mol. The molecule has 1 aliphatic heterocycles. The van der Waals surface area contributed by atoms with Crippen LogP contribution < -0.4 is 10.5 Å². The van der Waals surface area contributed by atoms with E-state index in [0.29, 0.717) is 43.0 Å². The van der Waals surface area contributed by atoms with Gasteiger partial charge in [0.1, 0.15) is 17.3 Å². The van der Waals surface area contributed by atoms with E-state index in [-0.39, 0.29) is 35.0 Å². The van der Waals surface area contributed by atoms with Crippen molar-refractivity contribution in [2.24, 2.45) is 0 Å². The molecule has 0 atom stereocenters. The standard InChI is InChI=1S/C32H29F3N4O5S/c1-18-10-20-12-22(13-21(20)14-23(18)17-45(41,42)38-6-8-43-9-7-38)31(40)25-16-37-39(32(25)36)30-19(2)11-24(15-27(30)34)44-28-5-3-4-26(33)29(28)35/h3-5,10-12,14-16H,6-9,13,17,36H2,1-2H3. The molecule has 1 saturated heterocycles. The van der Waals surface area contributed by atoms with Crippen LogP contribution >= 0.6 is 0 Å². The second-order valence-corrected chi connectivity index (χ2v) is 13.0. The van der Waals surface area contributed by atoms with Crippen molar-refractivity contribution in [1.29, 1.82) is 0 Å². The number of rotatable bonds is 8. The number of hydrogen-bond acceptors (Lipinski definition) is 7. The summed E-state index contributed by atoms with van der Waals surface area (Å²) < 4.78 is 82.2. The number of nitrogens with two attached hydrogens (primary N) is 1. The zero-order chi connectivity index (χ0) is 32.0. The number of carbonyl (C=O) groups is 1. The summed E-state index contributed by atoms with van der Waals surface area (Å²) >= 11 is 0. The number of allylic oxidation sites excluding steroid dienone is 1. The smallest absolute Gasteiger partial charge is 0.218 e. The maximum atomic E-state index is 15.3. The number of halogens is 3. The fourth-order valence-electron chi connectivity index (χ4n) is 5.58. The van der Waals surface area contributed by atoms with Gasteiger partial charge in [0.25, 0.3) is 0 Å². The van der Waals surface area contributed by atoms with E-state index in [9.17, 15) is 22.0 Å². The van der Waals surface area contributed by atoms with Crippen LogP contribution in [0.2, 0.25) is 0 Å².